The van der Waals surface area contributed by atoms with Crippen molar-refractivity contribution in [3.8, 4) is 0 Å². The van der Waals surface area contributed by atoms with Crippen LogP contribution in [0.4, 0.5) is 5.82 Å². The summed E-state index contributed by atoms with van der Waals surface area (Å²) in [5, 5.41) is 0.700. The third kappa shape index (κ3) is 2.48. The first-order chi connectivity index (χ1) is 12.8. The Hall–Kier alpha value is -2.76. The van der Waals surface area contributed by atoms with E-state index >= 15 is 0 Å². The number of aromatic nitrogens is 4. The number of anilines is 1. The number of nitrogens with zero attached hydrogens (tertiary/aromatic N) is 5. The SMILES string of the molecule is O=c1c2ccccc2ncn1C1CCN(c2ncnc3c2CCC3)CC1. The van der Waals surface area contributed by atoms with Crippen LogP contribution in [0.5, 0.6) is 0 Å². The number of benzene rings is 1. The highest BCUT2D eigenvalue weighted by Gasteiger charge is 2.26. The molecule has 2 aromatic heterocycles. The fourth-order valence-electron chi connectivity index (χ4n) is 4.31. The smallest absolute Gasteiger partial charge is 0.261 e. The molecule has 2 aliphatic rings. The van der Waals surface area contributed by atoms with Gasteiger partial charge in [-0.15, -0.1) is 0 Å². The summed E-state index contributed by atoms with van der Waals surface area (Å²) in [5.74, 6) is 1.11. The zero-order valence-electron chi connectivity index (χ0n) is 14.6. The lowest BCUT2D eigenvalue weighted by Gasteiger charge is -2.34. The first-order valence-corrected chi connectivity index (χ1v) is 9.35. The maximum Gasteiger partial charge on any atom is 0.261 e. The summed E-state index contributed by atoms with van der Waals surface area (Å²) in [7, 11) is 0. The number of aryl methyl sites for hydroxylation is 1. The van der Waals surface area contributed by atoms with Crippen LogP contribution in [0.1, 0.15) is 36.6 Å². The minimum Gasteiger partial charge on any atom is -0.356 e. The summed E-state index contributed by atoms with van der Waals surface area (Å²) < 4.78 is 1.82. The van der Waals surface area contributed by atoms with Gasteiger partial charge in [-0.1, -0.05) is 12.1 Å². The Bertz CT molecular complexity index is 1020. The summed E-state index contributed by atoms with van der Waals surface area (Å²) in [6, 6.07) is 7.76. The predicted octanol–water partition coefficient (Wildman–Crippen LogP) is 2.52. The summed E-state index contributed by atoms with van der Waals surface area (Å²) in [6.07, 6.45) is 8.60. The lowest BCUT2D eigenvalue weighted by atomic mass is 10.0. The Balaban J connectivity index is 1.39. The normalized spacial score (nSPS) is 17.6. The van der Waals surface area contributed by atoms with E-state index in [4.69, 9.17) is 0 Å². The minimum atomic E-state index is 0.0666. The van der Waals surface area contributed by atoms with Crippen LogP contribution in [-0.4, -0.2) is 32.6 Å². The Kier molecular flexibility index (Phi) is 3.69. The van der Waals surface area contributed by atoms with Gasteiger partial charge < -0.3 is 4.90 Å². The summed E-state index contributed by atoms with van der Waals surface area (Å²) in [4.78, 5) is 28.6. The maximum absolute atomic E-state index is 12.8. The largest absolute Gasteiger partial charge is 0.356 e. The van der Waals surface area contributed by atoms with Gasteiger partial charge in [-0.25, -0.2) is 15.0 Å². The van der Waals surface area contributed by atoms with Gasteiger partial charge in [0.05, 0.1) is 17.2 Å². The Morgan fingerprint density at radius 3 is 2.73 bits per heavy atom. The average Bonchev–Trinajstić information content (AvgIpc) is 3.18. The van der Waals surface area contributed by atoms with E-state index in [1.807, 2.05) is 28.8 Å². The molecule has 1 aromatic carbocycles. The second kappa shape index (κ2) is 6.20. The molecule has 1 aliphatic heterocycles. The molecule has 0 bridgehead atoms. The third-order valence-electron chi connectivity index (χ3n) is 5.70. The number of rotatable bonds is 2. The maximum atomic E-state index is 12.8. The van der Waals surface area contributed by atoms with Crippen molar-refractivity contribution in [2.75, 3.05) is 18.0 Å². The first-order valence-electron chi connectivity index (χ1n) is 9.35. The highest BCUT2D eigenvalue weighted by molar-refractivity contribution is 5.76. The summed E-state index contributed by atoms with van der Waals surface area (Å²) in [5.41, 5.74) is 3.38. The number of para-hydroxylation sites is 1. The van der Waals surface area contributed by atoms with Crippen LogP contribution in [0.25, 0.3) is 10.9 Å². The Labute approximate surface area is 151 Å². The summed E-state index contributed by atoms with van der Waals surface area (Å²) in [6.45, 7) is 1.82. The molecule has 1 saturated heterocycles. The topological polar surface area (TPSA) is 63.9 Å². The van der Waals surface area contributed by atoms with Crippen LogP contribution < -0.4 is 10.5 Å². The van der Waals surface area contributed by atoms with Gasteiger partial charge in [-0.3, -0.25) is 9.36 Å². The van der Waals surface area contributed by atoms with E-state index in [1.54, 1.807) is 12.7 Å². The van der Waals surface area contributed by atoms with Crippen LogP contribution in [0.15, 0.2) is 41.7 Å². The lowest BCUT2D eigenvalue weighted by molar-refractivity contribution is 0.384. The molecule has 0 N–H and O–H groups in total. The molecule has 26 heavy (non-hydrogen) atoms. The van der Waals surface area contributed by atoms with Gasteiger partial charge in [-0.05, 0) is 44.2 Å². The van der Waals surface area contributed by atoms with Gasteiger partial charge in [0.15, 0.2) is 0 Å². The van der Waals surface area contributed by atoms with Gasteiger partial charge in [0.25, 0.3) is 5.56 Å². The molecule has 3 heterocycles. The van der Waals surface area contributed by atoms with Gasteiger partial charge >= 0.3 is 0 Å². The quantitative estimate of drug-likeness (QED) is 0.713. The van der Waals surface area contributed by atoms with Crippen molar-refractivity contribution in [3.63, 3.8) is 0 Å². The standard InChI is InChI=1S/C20H21N5O/c26-20-16-4-1-2-6-18(16)23-13-25(20)14-8-10-24(11-9-14)19-15-5-3-7-17(15)21-12-22-19/h1-2,4,6,12-14H,3,5,7-11H2. The van der Waals surface area contributed by atoms with Gasteiger partial charge in [0.2, 0.25) is 0 Å². The molecule has 0 spiro atoms. The Morgan fingerprint density at radius 1 is 1.00 bits per heavy atom. The fraction of sp³-hybridized carbons (Fsp3) is 0.400. The van der Waals surface area contributed by atoms with E-state index in [0.717, 1.165) is 50.1 Å². The van der Waals surface area contributed by atoms with Crippen LogP contribution in [0.3, 0.4) is 0 Å². The molecule has 6 nitrogen and oxygen atoms in total. The molecule has 1 aliphatic carbocycles. The molecule has 3 aromatic rings. The van der Waals surface area contributed by atoms with Crippen molar-refractivity contribution in [1.29, 1.82) is 0 Å². The molecule has 6 heteroatoms. The van der Waals surface area contributed by atoms with Crippen molar-refractivity contribution in [2.24, 2.45) is 0 Å². The number of piperidine rings is 1. The van der Waals surface area contributed by atoms with Crippen molar-refractivity contribution >= 4 is 16.7 Å². The highest BCUT2D eigenvalue weighted by atomic mass is 16.1. The van der Waals surface area contributed by atoms with E-state index in [0.29, 0.717) is 5.39 Å². The summed E-state index contributed by atoms with van der Waals surface area (Å²) >= 11 is 0. The number of hydrogen-bond acceptors (Lipinski definition) is 5. The van der Waals surface area contributed by atoms with E-state index in [1.165, 1.54) is 17.7 Å². The van der Waals surface area contributed by atoms with Crippen LogP contribution in [-0.2, 0) is 12.8 Å². The third-order valence-corrected chi connectivity index (χ3v) is 5.70. The second-order valence-corrected chi connectivity index (χ2v) is 7.17. The van der Waals surface area contributed by atoms with Crippen molar-refractivity contribution in [1.82, 2.24) is 19.5 Å². The van der Waals surface area contributed by atoms with Crippen molar-refractivity contribution < 1.29 is 0 Å². The van der Waals surface area contributed by atoms with Crippen molar-refractivity contribution in [2.45, 2.75) is 38.1 Å². The first kappa shape index (κ1) is 15.5. The van der Waals surface area contributed by atoms with Gasteiger partial charge in [0, 0.05) is 30.4 Å². The molecular weight excluding hydrogens is 326 g/mol. The monoisotopic (exact) mass is 347 g/mol. The van der Waals surface area contributed by atoms with Crippen LogP contribution >= 0.6 is 0 Å². The van der Waals surface area contributed by atoms with Gasteiger partial charge in [0.1, 0.15) is 12.1 Å². The molecule has 0 radical (unpaired) electrons. The van der Waals surface area contributed by atoms with Gasteiger partial charge in [-0.2, -0.15) is 0 Å². The number of hydrogen-bond donors (Lipinski definition) is 0. The fourth-order valence-corrected chi connectivity index (χ4v) is 4.31. The Morgan fingerprint density at radius 2 is 1.85 bits per heavy atom. The van der Waals surface area contributed by atoms with E-state index in [9.17, 15) is 4.79 Å². The molecule has 0 unspecified atom stereocenters. The minimum absolute atomic E-state index is 0.0666. The van der Waals surface area contributed by atoms with E-state index in [2.05, 4.69) is 19.9 Å². The number of fused-ring (bicyclic) bond motifs is 2. The van der Waals surface area contributed by atoms with E-state index in [-0.39, 0.29) is 11.6 Å². The van der Waals surface area contributed by atoms with Crippen LogP contribution in [0, 0.1) is 0 Å². The molecule has 0 amide bonds. The molecule has 0 saturated carbocycles. The molecule has 0 atom stereocenters. The second-order valence-electron chi connectivity index (χ2n) is 7.17. The zero-order chi connectivity index (χ0) is 17.5. The zero-order valence-corrected chi connectivity index (χ0v) is 14.6. The van der Waals surface area contributed by atoms with E-state index < -0.39 is 0 Å². The predicted molar refractivity (Wildman–Crippen MR) is 101 cm³/mol. The van der Waals surface area contributed by atoms with Crippen molar-refractivity contribution in [3.05, 3.63) is 58.5 Å². The van der Waals surface area contributed by atoms with Crippen LogP contribution in [0.2, 0.25) is 0 Å². The molecule has 5 rings (SSSR count). The lowest BCUT2D eigenvalue weighted by Crippen LogP contribution is -2.38. The molecule has 1 fully saturated rings. The highest BCUT2D eigenvalue weighted by Crippen LogP contribution is 2.31. The molecule has 132 valence electrons. The molecular formula is C20H21N5O. The average molecular weight is 347 g/mol.